The molecule has 0 aromatic heterocycles. The van der Waals surface area contributed by atoms with Crippen LogP contribution in [0, 0.1) is 13.8 Å². The second-order valence-electron chi connectivity index (χ2n) is 5.71. The first-order valence-electron chi connectivity index (χ1n) is 7.07. The molecule has 2 atom stereocenters. The van der Waals surface area contributed by atoms with Gasteiger partial charge in [-0.15, -0.1) is 0 Å². The molecule has 1 aliphatic carbocycles. The molecule has 0 heterocycles. The van der Waals surface area contributed by atoms with Gasteiger partial charge in [-0.2, -0.15) is 4.31 Å². The van der Waals surface area contributed by atoms with Crippen molar-refractivity contribution >= 4 is 10.0 Å². The molecule has 4 nitrogen and oxygen atoms in total. The van der Waals surface area contributed by atoms with Gasteiger partial charge >= 0.3 is 0 Å². The normalized spacial score (nSPS) is 24.1. The third-order valence-electron chi connectivity index (χ3n) is 4.16. The van der Waals surface area contributed by atoms with Crippen LogP contribution in [0.4, 0.5) is 0 Å². The average Bonchev–Trinajstić information content (AvgIpc) is 2.41. The van der Waals surface area contributed by atoms with Crippen LogP contribution in [0.25, 0.3) is 0 Å². The maximum Gasteiger partial charge on any atom is 0.243 e. The molecule has 1 saturated carbocycles. The van der Waals surface area contributed by atoms with Gasteiger partial charge in [-0.1, -0.05) is 25.0 Å². The molecule has 5 heteroatoms. The molecular weight excluding hydrogens is 274 g/mol. The summed E-state index contributed by atoms with van der Waals surface area (Å²) in [7, 11) is -1.97. The van der Waals surface area contributed by atoms with Crippen LogP contribution in [0.2, 0.25) is 0 Å². The Hall–Kier alpha value is -0.910. The van der Waals surface area contributed by atoms with E-state index < -0.39 is 16.1 Å². The van der Waals surface area contributed by atoms with Crippen molar-refractivity contribution in [2.45, 2.75) is 56.6 Å². The zero-order chi connectivity index (χ0) is 14.9. The number of hydrogen-bond donors (Lipinski definition) is 1. The topological polar surface area (TPSA) is 57.6 Å². The summed E-state index contributed by atoms with van der Waals surface area (Å²) in [6.07, 6.45) is 2.77. The van der Waals surface area contributed by atoms with Gasteiger partial charge in [0.1, 0.15) is 0 Å². The lowest BCUT2D eigenvalue weighted by Crippen LogP contribution is -2.46. The van der Waals surface area contributed by atoms with Gasteiger partial charge in [0.25, 0.3) is 0 Å². The number of rotatable bonds is 3. The second kappa shape index (κ2) is 5.84. The maximum absolute atomic E-state index is 12.8. The van der Waals surface area contributed by atoms with Crippen molar-refractivity contribution in [1.29, 1.82) is 0 Å². The van der Waals surface area contributed by atoms with Crippen LogP contribution < -0.4 is 0 Å². The van der Waals surface area contributed by atoms with Crippen LogP contribution in [-0.4, -0.2) is 37.0 Å². The highest BCUT2D eigenvalue weighted by atomic mass is 32.2. The van der Waals surface area contributed by atoms with Crippen molar-refractivity contribution in [3.8, 4) is 0 Å². The van der Waals surface area contributed by atoms with E-state index in [-0.39, 0.29) is 6.04 Å². The largest absolute Gasteiger partial charge is 0.391 e. The summed E-state index contributed by atoms with van der Waals surface area (Å²) < 4.78 is 26.9. The zero-order valence-electron chi connectivity index (χ0n) is 12.3. The number of aliphatic hydroxyl groups is 1. The number of aryl methyl sites for hydroxylation is 2. The Bertz CT molecular complexity index is 583. The zero-order valence-corrected chi connectivity index (χ0v) is 13.2. The highest BCUT2D eigenvalue weighted by molar-refractivity contribution is 7.89. The van der Waals surface area contributed by atoms with E-state index in [1.165, 1.54) is 4.31 Å². The van der Waals surface area contributed by atoms with Crippen LogP contribution in [0.5, 0.6) is 0 Å². The van der Waals surface area contributed by atoms with Gasteiger partial charge < -0.3 is 5.11 Å². The number of likely N-dealkylation sites (N-methyl/N-ethyl adjacent to an activating group) is 1. The molecule has 0 saturated heterocycles. The Labute approximate surface area is 121 Å². The highest BCUT2D eigenvalue weighted by Crippen LogP contribution is 2.28. The van der Waals surface area contributed by atoms with Gasteiger partial charge in [-0.05, 0) is 43.9 Å². The summed E-state index contributed by atoms with van der Waals surface area (Å²) in [6, 6.07) is 5.13. The van der Waals surface area contributed by atoms with Crippen molar-refractivity contribution < 1.29 is 13.5 Å². The molecule has 2 rings (SSSR count). The Kier molecular flexibility index (Phi) is 4.52. The molecule has 1 N–H and O–H groups in total. The Balaban J connectivity index is 2.36. The predicted molar refractivity (Wildman–Crippen MR) is 79.1 cm³/mol. The summed E-state index contributed by atoms with van der Waals surface area (Å²) in [5.74, 6) is 0. The highest BCUT2D eigenvalue weighted by Gasteiger charge is 2.34. The van der Waals surface area contributed by atoms with Crippen molar-refractivity contribution in [3.05, 3.63) is 29.3 Å². The molecule has 1 aromatic carbocycles. The van der Waals surface area contributed by atoms with Gasteiger partial charge in [0.2, 0.25) is 10.0 Å². The van der Waals surface area contributed by atoms with Crippen molar-refractivity contribution in [3.63, 3.8) is 0 Å². The molecule has 20 heavy (non-hydrogen) atoms. The minimum atomic E-state index is -3.55. The van der Waals surface area contributed by atoms with Gasteiger partial charge in [0, 0.05) is 7.05 Å². The van der Waals surface area contributed by atoms with Crippen LogP contribution >= 0.6 is 0 Å². The van der Waals surface area contributed by atoms with Crippen LogP contribution in [0.1, 0.15) is 36.8 Å². The van der Waals surface area contributed by atoms with E-state index in [1.807, 2.05) is 19.1 Å². The number of hydrogen-bond acceptors (Lipinski definition) is 3. The minimum absolute atomic E-state index is 0.311. The summed E-state index contributed by atoms with van der Waals surface area (Å²) in [6.45, 7) is 3.69. The first kappa shape index (κ1) is 15.5. The molecule has 1 aromatic rings. The summed E-state index contributed by atoms with van der Waals surface area (Å²) in [5.41, 5.74) is 1.67. The Morgan fingerprint density at radius 2 is 1.85 bits per heavy atom. The van der Waals surface area contributed by atoms with Crippen molar-refractivity contribution in [2.75, 3.05) is 7.05 Å². The summed E-state index contributed by atoms with van der Waals surface area (Å²) in [5, 5.41) is 10.1. The summed E-state index contributed by atoms with van der Waals surface area (Å²) >= 11 is 0. The second-order valence-corrected chi connectivity index (χ2v) is 7.68. The predicted octanol–water partition coefficient (Wildman–Crippen LogP) is 2.23. The van der Waals surface area contributed by atoms with E-state index in [9.17, 15) is 13.5 Å². The van der Waals surface area contributed by atoms with Crippen molar-refractivity contribution in [1.82, 2.24) is 4.31 Å². The fourth-order valence-corrected chi connectivity index (χ4v) is 4.56. The molecule has 1 fully saturated rings. The lowest BCUT2D eigenvalue weighted by molar-refractivity contribution is 0.0638. The fraction of sp³-hybridized carbons (Fsp3) is 0.600. The van der Waals surface area contributed by atoms with E-state index in [4.69, 9.17) is 0 Å². The van der Waals surface area contributed by atoms with Gasteiger partial charge in [0.15, 0.2) is 0 Å². The standard InChI is InChI=1S/C15H23NO3S/c1-11-8-9-12(2)15(10-11)20(18,19)16(3)13-6-4-5-7-14(13)17/h8-10,13-14,17H,4-7H2,1-3H3/t13-,14+/m1/s1. The number of sulfonamides is 1. The molecule has 0 aliphatic heterocycles. The molecule has 1 aliphatic rings. The van der Waals surface area contributed by atoms with Crippen LogP contribution in [0.15, 0.2) is 23.1 Å². The molecular formula is C15H23NO3S. The molecule has 0 bridgehead atoms. The van der Waals surface area contributed by atoms with Crippen LogP contribution in [0.3, 0.4) is 0 Å². The molecule has 0 amide bonds. The van der Waals surface area contributed by atoms with E-state index >= 15 is 0 Å². The average molecular weight is 297 g/mol. The monoisotopic (exact) mass is 297 g/mol. The van der Waals surface area contributed by atoms with E-state index in [2.05, 4.69) is 0 Å². The Morgan fingerprint density at radius 3 is 2.50 bits per heavy atom. The molecule has 0 spiro atoms. The smallest absolute Gasteiger partial charge is 0.243 e. The van der Waals surface area contributed by atoms with E-state index in [0.717, 1.165) is 30.4 Å². The third-order valence-corrected chi connectivity index (χ3v) is 6.19. The number of nitrogens with zero attached hydrogens (tertiary/aromatic N) is 1. The first-order chi connectivity index (χ1) is 9.34. The van der Waals surface area contributed by atoms with Crippen LogP contribution in [-0.2, 0) is 10.0 Å². The Morgan fingerprint density at radius 1 is 1.20 bits per heavy atom. The lowest BCUT2D eigenvalue weighted by atomic mass is 9.93. The SMILES string of the molecule is Cc1ccc(C)c(S(=O)(=O)N(C)[C@@H]2CCCC[C@@H]2O)c1. The first-order valence-corrected chi connectivity index (χ1v) is 8.51. The molecule has 0 radical (unpaired) electrons. The van der Waals surface area contributed by atoms with Gasteiger partial charge in [-0.3, -0.25) is 0 Å². The third kappa shape index (κ3) is 2.90. The maximum atomic E-state index is 12.8. The fourth-order valence-electron chi connectivity index (χ4n) is 2.83. The number of benzene rings is 1. The lowest BCUT2D eigenvalue weighted by Gasteiger charge is -2.34. The van der Waals surface area contributed by atoms with E-state index in [1.54, 1.807) is 20.0 Å². The van der Waals surface area contributed by atoms with Gasteiger partial charge in [-0.25, -0.2) is 8.42 Å². The summed E-state index contributed by atoms with van der Waals surface area (Å²) in [4.78, 5) is 0.345. The number of aliphatic hydroxyl groups excluding tert-OH is 1. The van der Waals surface area contributed by atoms with Gasteiger partial charge in [0.05, 0.1) is 17.0 Å². The molecule has 112 valence electrons. The van der Waals surface area contributed by atoms with Crippen molar-refractivity contribution in [2.24, 2.45) is 0 Å². The minimum Gasteiger partial charge on any atom is -0.391 e. The van der Waals surface area contributed by atoms with E-state index in [0.29, 0.717) is 11.3 Å². The quantitative estimate of drug-likeness (QED) is 0.930. The molecule has 0 unspecified atom stereocenters.